The second kappa shape index (κ2) is 6.09. The third-order valence-corrected chi connectivity index (χ3v) is 5.19. The highest BCUT2D eigenvalue weighted by atomic mass is 35.5. The summed E-state index contributed by atoms with van der Waals surface area (Å²) >= 11 is 19.6. The number of benzene rings is 2. The highest BCUT2D eigenvalue weighted by molar-refractivity contribution is 7.21. The van der Waals surface area contributed by atoms with Crippen molar-refractivity contribution in [2.45, 2.75) is 6.92 Å². The van der Waals surface area contributed by atoms with Crippen molar-refractivity contribution in [1.82, 2.24) is 0 Å². The minimum absolute atomic E-state index is 0.291. The number of ether oxygens (including phenoxy) is 1. The molecule has 0 fully saturated rings. The van der Waals surface area contributed by atoms with Crippen LogP contribution in [0.1, 0.15) is 15.2 Å². The molecule has 1 aromatic heterocycles. The topological polar surface area (TPSA) is 26.3 Å². The van der Waals surface area contributed by atoms with Gasteiger partial charge in [-0.15, -0.1) is 11.3 Å². The van der Waals surface area contributed by atoms with Crippen molar-refractivity contribution in [2.75, 3.05) is 0 Å². The molecule has 0 atom stereocenters. The number of hydrogen-bond donors (Lipinski definition) is 0. The van der Waals surface area contributed by atoms with Crippen LogP contribution in [0.5, 0.6) is 5.75 Å². The highest BCUT2D eigenvalue weighted by Gasteiger charge is 2.21. The number of rotatable bonds is 2. The van der Waals surface area contributed by atoms with Gasteiger partial charge in [0.1, 0.15) is 10.6 Å². The van der Waals surface area contributed by atoms with Gasteiger partial charge in [-0.05, 0) is 31.2 Å². The number of halogens is 3. The molecule has 1 heterocycles. The summed E-state index contributed by atoms with van der Waals surface area (Å²) in [6, 6.07) is 10.5. The van der Waals surface area contributed by atoms with Crippen LogP contribution >= 0.6 is 46.1 Å². The first-order valence-corrected chi connectivity index (χ1v) is 8.26. The lowest BCUT2D eigenvalue weighted by atomic mass is 10.2. The Morgan fingerprint density at radius 3 is 2.45 bits per heavy atom. The Kier molecular flexibility index (Phi) is 4.33. The molecular weight excluding hydrogens is 363 g/mol. The number of carbonyl (C=O) groups is 1. The van der Waals surface area contributed by atoms with Crippen LogP contribution in [0.4, 0.5) is 0 Å². The molecule has 0 spiro atoms. The van der Waals surface area contributed by atoms with Crippen LogP contribution in [-0.4, -0.2) is 5.97 Å². The average molecular weight is 372 g/mol. The molecule has 0 radical (unpaired) electrons. The lowest BCUT2D eigenvalue weighted by Gasteiger charge is -2.03. The molecule has 0 aliphatic heterocycles. The molecule has 0 saturated heterocycles. The fourth-order valence-electron chi connectivity index (χ4n) is 2.00. The number of esters is 1. The summed E-state index contributed by atoms with van der Waals surface area (Å²) in [5.74, 6) is -0.0458. The predicted molar refractivity (Wildman–Crippen MR) is 93.0 cm³/mol. The van der Waals surface area contributed by atoms with Gasteiger partial charge in [-0.1, -0.05) is 52.5 Å². The van der Waals surface area contributed by atoms with Crippen molar-refractivity contribution >= 4 is 62.2 Å². The molecule has 2 aromatic carbocycles. The molecule has 3 aromatic rings. The standard InChI is InChI=1S/C16H9Cl3O2S/c1-8-2-4-10(5-3-8)21-16(20)15-14(19)13-11(18)6-9(17)7-12(13)22-15/h2-7H,1H3. The highest BCUT2D eigenvalue weighted by Crippen LogP contribution is 2.41. The molecule has 22 heavy (non-hydrogen) atoms. The van der Waals surface area contributed by atoms with Crippen molar-refractivity contribution in [1.29, 1.82) is 0 Å². The van der Waals surface area contributed by atoms with Gasteiger partial charge in [0.25, 0.3) is 0 Å². The maximum Gasteiger partial charge on any atom is 0.355 e. The molecule has 112 valence electrons. The van der Waals surface area contributed by atoms with Crippen molar-refractivity contribution in [3.05, 3.63) is 61.9 Å². The summed E-state index contributed by atoms with van der Waals surface area (Å²) in [5.41, 5.74) is 1.08. The van der Waals surface area contributed by atoms with E-state index in [1.165, 1.54) is 11.3 Å². The van der Waals surface area contributed by atoms with E-state index >= 15 is 0 Å². The summed E-state index contributed by atoms with van der Waals surface area (Å²) < 4.78 is 6.10. The maximum absolute atomic E-state index is 12.3. The van der Waals surface area contributed by atoms with Crippen molar-refractivity contribution < 1.29 is 9.53 Å². The quantitative estimate of drug-likeness (QED) is 0.385. The normalized spacial score (nSPS) is 10.9. The van der Waals surface area contributed by atoms with Crippen molar-refractivity contribution in [3.8, 4) is 5.75 Å². The van der Waals surface area contributed by atoms with Gasteiger partial charge in [-0.2, -0.15) is 0 Å². The zero-order valence-corrected chi connectivity index (χ0v) is 14.4. The third-order valence-electron chi connectivity index (χ3n) is 3.07. The monoisotopic (exact) mass is 370 g/mol. The van der Waals surface area contributed by atoms with Crippen LogP contribution < -0.4 is 4.74 Å². The molecule has 0 saturated carbocycles. The SMILES string of the molecule is Cc1ccc(OC(=O)c2sc3cc(Cl)cc(Cl)c3c2Cl)cc1. The summed E-state index contributed by atoms with van der Waals surface area (Å²) in [4.78, 5) is 12.6. The van der Waals surface area contributed by atoms with Gasteiger partial charge in [-0.25, -0.2) is 4.79 Å². The zero-order chi connectivity index (χ0) is 15.9. The Hall–Kier alpha value is -1.26. The number of aryl methyl sites for hydroxylation is 1. The number of carbonyl (C=O) groups excluding carboxylic acids is 1. The molecule has 0 aliphatic rings. The second-order valence-electron chi connectivity index (χ2n) is 4.71. The Balaban J connectivity index is 1.99. The Bertz CT molecular complexity index is 869. The van der Waals surface area contributed by atoms with Crippen LogP contribution in [0, 0.1) is 6.92 Å². The van der Waals surface area contributed by atoms with E-state index in [0.717, 1.165) is 10.3 Å². The fraction of sp³-hybridized carbons (Fsp3) is 0.0625. The largest absolute Gasteiger partial charge is 0.422 e. The van der Waals surface area contributed by atoms with E-state index in [0.29, 0.717) is 31.1 Å². The molecule has 3 rings (SSSR count). The minimum atomic E-state index is -0.512. The van der Waals surface area contributed by atoms with Gasteiger partial charge in [-0.3, -0.25) is 0 Å². The first-order chi connectivity index (χ1) is 10.5. The Morgan fingerprint density at radius 2 is 1.77 bits per heavy atom. The minimum Gasteiger partial charge on any atom is -0.422 e. The van der Waals surface area contributed by atoms with E-state index in [1.807, 2.05) is 19.1 Å². The molecule has 0 bridgehead atoms. The summed E-state index contributed by atoms with van der Waals surface area (Å²) in [6.45, 7) is 1.96. The van der Waals surface area contributed by atoms with E-state index in [-0.39, 0.29) is 0 Å². The number of hydrogen-bond acceptors (Lipinski definition) is 3. The number of thiophene rings is 1. The summed E-state index contributed by atoms with van der Waals surface area (Å²) in [6.07, 6.45) is 0. The van der Waals surface area contributed by atoms with Gasteiger partial charge in [0, 0.05) is 15.1 Å². The van der Waals surface area contributed by atoms with Crippen LogP contribution in [0.25, 0.3) is 10.1 Å². The first kappa shape index (κ1) is 15.6. The summed E-state index contributed by atoms with van der Waals surface area (Å²) in [5, 5.41) is 1.82. The smallest absolute Gasteiger partial charge is 0.355 e. The predicted octanol–water partition coefficient (Wildman–Crippen LogP) is 6.39. The molecular formula is C16H9Cl3O2S. The summed E-state index contributed by atoms with van der Waals surface area (Å²) in [7, 11) is 0. The van der Waals surface area contributed by atoms with E-state index in [4.69, 9.17) is 39.5 Å². The molecule has 0 unspecified atom stereocenters. The van der Waals surface area contributed by atoms with Crippen LogP contribution in [0.15, 0.2) is 36.4 Å². The average Bonchev–Trinajstić information content (AvgIpc) is 2.78. The van der Waals surface area contributed by atoms with Crippen LogP contribution in [0.2, 0.25) is 15.1 Å². The van der Waals surface area contributed by atoms with E-state index in [9.17, 15) is 4.79 Å². The van der Waals surface area contributed by atoms with Crippen molar-refractivity contribution in [2.24, 2.45) is 0 Å². The first-order valence-electron chi connectivity index (χ1n) is 6.31. The van der Waals surface area contributed by atoms with E-state index in [1.54, 1.807) is 24.3 Å². The molecule has 6 heteroatoms. The fourth-order valence-corrected chi connectivity index (χ4v) is 4.25. The van der Waals surface area contributed by atoms with Crippen LogP contribution in [-0.2, 0) is 0 Å². The maximum atomic E-state index is 12.3. The van der Waals surface area contributed by atoms with Gasteiger partial charge in [0.05, 0.1) is 10.0 Å². The zero-order valence-electron chi connectivity index (χ0n) is 11.3. The third kappa shape index (κ3) is 2.95. The van der Waals surface area contributed by atoms with Gasteiger partial charge in [0.15, 0.2) is 0 Å². The Morgan fingerprint density at radius 1 is 1.09 bits per heavy atom. The molecule has 0 N–H and O–H groups in total. The van der Waals surface area contributed by atoms with Gasteiger partial charge < -0.3 is 4.74 Å². The second-order valence-corrected chi connectivity index (χ2v) is 6.98. The molecule has 0 amide bonds. The van der Waals surface area contributed by atoms with Crippen molar-refractivity contribution in [3.63, 3.8) is 0 Å². The molecule has 2 nitrogen and oxygen atoms in total. The lowest BCUT2D eigenvalue weighted by Crippen LogP contribution is -2.06. The van der Waals surface area contributed by atoms with E-state index < -0.39 is 5.97 Å². The molecule has 0 aliphatic carbocycles. The van der Waals surface area contributed by atoms with E-state index in [2.05, 4.69) is 0 Å². The lowest BCUT2D eigenvalue weighted by molar-refractivity contribution is 0.0740. The van der Waals surface area contributed by atoms with Gasteiger partial charge in [0.2, 0.25) is 0 Å². The van der Waals surface area contributed by atoms with Crippen LogP contribution in [0.3, 0.4) is 0 Å². The number of fused-ring (bicyclic) bond motifs is 1. The Labute approximate surface area is 146 Å². The van der Waals surface area contributed by atoms with Gasteiger partial charge >= 0.3 is 5.97 Å².